The Bertz CT molecular complexity index is 507. The number of rotatable bonds is 1. The Kier molecular flexibility index (Phi) is 3.50. The van der Waals surface area contributed by atoms with Crippen molar-refractivity contribution in [2.24, 2.45) is 0 Å². The molecule has 114 valence electrons. The number of aliphatic hydroxyl groups excluding tert-OH is 1. The zero-order valence-electron chi connectivity index (χ0n) is 12.4. The summed E-state index contributed by atoms with van der Waals surface area (Å²) in [4.78, 5) is 2.42. The maximum absolute atomic E-state index is 11.2. The van der Waals surface area contributed by atoms with Crippen LogP contribution in [0.25, 0.3) is 0 Å². The molecule has 2 saturated heterocycles. The van der Waals surface area contributed by atoms with Crippen molar-refractivity contribution in [2.45, 2.75) is 30.4 Å². The van der Waals surface area contributed by atoms with E-state index in [1.807, 2.05) is 0 Å². The van der Waals surface area contributed by atoms with Crippen molar-refractivity contribution in [3.05, 3.63) is 35.4 Å². The molecule has 2 fully saturated rings. The van der Waals surface area contributed by atoms with E-state index < -0.39 is 0 Å². The van der Waals surface area contributed by atoms with Gasteiger partial charge in [-0.2, -0.15) is 0 Å². The molecule has 0 saturated carbocycles. The molecule has 4 heteroatoms. The number of fused-ring (bicyclic) bond motifs is 2. The van der Waals surface area contributed by atoms with E-state index in [1.54, 1.807) is 0 Å². The number of piperidine rings is 1. The summed E-state index contributed by atoms with van der Waals surface area (Å²) < 4.78 is 5.49. The lowest BCUT2D eigenvalue weighted by Gasteiger charge is -2.41. The van der Waals surface area contributed by atoms with Crippen molar-refractivity contribution in [3.63, 3.8) is 0 Å². The number of morpholine rings is 1. The van der Waals surface area contributed by atoms with Crippen molar-refractivity contribution < 1.29 is 9.84 Å². The van der Waals surface area contributed by atoms with Gasteiger partial charge >= 0.3 is 0 Å². The van der Waals surface area contributed by atoms with Gasteiger partial charge in [-0.1, -0.05) is 24.3 Å². The number of nitrogens with one attached hydrogen (secondary N) is 1. The third-order valence-corrected chi connectivity index (χ3v) is 5.62. The number of ether oxygens (including phenoxy) is 1. The molecule has 2 N–H and O–H groups in total. The van der Waals surface area contributed by atoms with Gasteiger partial charge in [0.1, 0.15) is 0 Å². The largest absolute Gasteiger partial charge is 0.390 e. The van der Waals surface area contributed by atoms with E-state index in [1.165, 1.54) is 11.1 Å². The standard InChI is InChI=1S/C17H24N2O2/c20-16-15(19-9-11-21-12-10-19)13-3-1-2-4-14(13)17(16)5-7-18-8-6-17/h1-4,15-16,18,20H,5-12H2/t15-,16+/m1/s1. The number of aliphatic hydroxyl groups is 1. The van der Waals surface area contributed by atoms with Crippen LogP contribution in [-0.4, -0.2) is 55.5 Å². The van der Waals surface area contributed by atoms with E-state index in [2.05, 4.69) is 34.5 Å². The van der Waals surface area contributed by atoms with Crippen LogP contribution in [0, 0.1) is 0 Å². The molecular formula is C17H24N2O2. The summed E-state index contributed by atoms with van der Waals surface area (Å²) in [7, 11) is 0. The Labute approximate surface area is 126 Å². The van der Waals surface area contributed by atoms with Gasteiger partial charge in [0.15, 0.2) is 0 Å². The molecule has 2 aliphatic heterocycles. The number of nitrogens with zero attached hydrogens (tertiary/aromatic N) is 1. The molecule has 2 atom stereocenters. The minimum Gasteiger partial charge on any atom is -0.390 e. The Morgan fingerprint density at radius 2 is 1.86 bits per heavy atom. The highest BCUT2D eigenvalue weighted by atomic mass is 16.5. The van der Waals surface area contributed by atoms with Gasteiger partial charge in [0.05, 0.1) is 25.4 Å². The Morgan fingerprint density at radius 1 is 1.14 bits per heavy atom. The quantitative estimate of drug-likeness (QED) is 0.811. The van der Waals surface area contributed by atoms with Crippen molar-refractivity contribution in [3.8, 4) is 0 Å². The van der Waals surface area contributed by atoms with E-state index in [-0.39, 0.29) is 17.6 Å². The molecule has 21 heavy (non-hydrogen) atoms. The molecule has 4 nitrogen and oxygen atoms in total. The first kappa shape index (κ1) is 13.7. The zero-order chi connectivity index (χ0) is 14.3. The molecular weight excluding hydrogens is 264 g/mol. The highest BCUT2D eigenvalue weighted by molar-refractivity contribution is 5.45. The van der Waals surface area contributed by atoms with Crippen molar-refractivity contribution in [1.29, 1.82) is 0 Å². The summed E-state index contributed by atoms with van der Waals surface area (Å²) in [5, 5.41) is 14.7. The number of hydrogen-bond donors (Lipinski definition) is 2. The van der Waals surface area contributed by atoms with Crippen LogP contribution in [0.3, 0.4) is 0 Å². The third kappa shape index (κ3) is 2.05. The summed E-state index contributed by atoms with van der Waals surface area (Å²) in [6.07, 6.45) is 1.77. The van der Waals surface area contributed by atoms with Gasteiger partial charge < -0.3 is 15.2 Å². The maximum atomic E-state index is 11.2. The number of hydrogen-bond acceptors (Lipinski definition) is 4. The Hall–Kier alpha value is -0.940. The summed E-state index contributed by atoms with van der Waals surface area (Å²) in [6.45, 7) is 5.40. The second-order valence-corrected chi connectivity index (χ2v) is 6.53. The van der Waals surface area contributed by atoms with Crippen LogP contribution in [0.1, 0.15) is 30.0 Å². The zero-order valence-corrected chi connectivity index (χ0v) is 12.4. The molecule has 1 aromatic carbocycles. The molecule has 2 heterocycles. The highest BCUT2D eigenvalue weighted by Gasteiger charge is 2.53. The minimum absolute atomic E-state index is 0.0508. The van der Waals surface area contributed by atoms with Gasteiger partial charge in [-0.3, -0.25) is 4.90 Å². The molecule has 3 aliphatic rings. The number of benzene rings is 1. The smallest absolute Gasteiger partial charge is 0.0834 e. The van der Waals surface area contributed by atoms with E-state index in [0.29, 0.717) is 0 Å². The van der Waals surface area contributed by atoms with Crippen LogP contribution in [0.4, 0.5) is 0 Å². The van der Waals surface area contributed by atoms with Gasteiger partial charge in [0.25, 0.3) is 0 Å². The average molecular weight is 288 g/mol. The molecule has 1 aliphatic carbocycles. The van der Waals surface area contributed by atoms with Gasteiger partial charge in [0, 0.05) is 18.5 Å². The van der Waals surface area contributed by atoms with Gasteiger partial charge in [-0.05, 0) is 37.1 Å². The topological polar surface area (TPSA) is 44.7 Å². The van der Waals surface area contributed by atoms with E-state index in [4.69, 9.17) is 4.74 Å². The second kappa shape index (κ2) is 5.36. The van der Waals surface area contributed by atoms with Gasteiger partial charge in [-0.15, -0.1) is 0 Å². The van der Waals surface area contributed by atoms with E-state index >= 15 is 0 Å². The Morgan fingerprint density at radius 3 is 2.62 bits per heavy atom. The highest BCUT2D eigenvalue weighted by Crippen LogP contribution is 2.52. The molecule has 0 radical (unpaired) electrons. The third-order valence-electron chi connectivity index (χ3n) is 5.62. The van der Waals surface area contributed by atoms with Crippen LogP contribution in [0.15, 0.2) is 24.3 Å². The fraction of sp³-hybridized carbons (Fsp3) is 0.647. The van der Waals surface area contributed by atoms with Crippen LogP contribution in [0.5, 0.6) is 0 Å². The van der Waals surface area contributed by atoms with E-state index in [9.17, 15) is 5.11 Å². The molecule has 0 amide bonds. The van der Waals surface area contributed by atoms with Crippen molar-refractivity contribution in [2.75, 3.05) is 39.4 Å². The summed E-state index contributed by atoms with van der Waals surface area (Å²) in [5.41, 5.74) is 2.68. The first-order valence-electron chi connectivity index (χ1n) is 8.13. The molecule has 4 rings (SSSR count). The average Bonchev–Trinajstić information content (AvgIpc) is 2.79. The predicted octanol–water partition coefficient (Wildman–Crippen LogP) is 1.06. The SMILES string of the molecule is O[C@H]1[C@H](N2CCOCC2)c2ccccc2C12CCNCC2. The first-order valence-corrected chi connectivity index (χ1v) is 8.13. The molecule has 1 spiro atoms. The monoisotopic (exact) mass is 288 g/mol. The van der Waals surface area contributed by atoms with Crippen LogP contribution in [-0.2, 0) is 10.2 Å². The van der Waals surface area contributed by atoms with Gasteiger partial charge in [-0.25, -0.2) is 0 Å². The Balaban J connectivity index is 1.75. The lowest BCUT2D eigenvalue weighted by Crippen LogP contribution is -2.50. The van der Waals surface area contributed by atoms with Crippen LogP contribution < -0.4 is 5.32 Å². The molecule has 0 unspecified atom stereocenters. The van der Waals surface area contributed by atoms with Gasteiger partial charge in [0.2, 0.25) is 0 Å². The van der Waals surface area contributed by atoms with E-state index in [0.717, 1.165) is 52.2 Å². The summed E-state index contributed by atoms with van der Waals surface area (Å²) >= 11 is 0. The molecule has 0 aromatic heterocycles. The minimum atomic E-state index is -0.296. The fourth-order valence-corrected chi connectivity index (χ4v) is 4.53. The normalized spacial score (nSPS) is 32.2. The fourth-order valence-electron chi connectivity index (χ4n) is 4.53. The van der Waals surface area contributed by atoms with Crippen LogP contribution >= 0.6 is 0 Å². The predicted molar refractivity (Wildman–Crippen MR) is 81.4 cm³/mol. The molecule has 0 bridgehead atoms. The van der Waals surface area contributed by atoms with Crippen LogP contribution in [0.2, 0.25) is 0 Å². The summed E-state index contributed by atoms with van der Waals surface area (Å²) in [5.74, 6) is 0. The van der Waals surface area contributed by atoms with Crippen molar-refractivity contribution in [1.82, 2.24) is 10.2 Å². The first-order chi connectivity index (χ1) is 10.3. The van der Waals surface area contributed by atoms with Crippen molar-refractivity contribution >= 4 is 0 Å². The lowest BCUT2D eigenvalue weighted by atomic mass is 9.72. The second-order valence-electron chi connectivity index (χ2n) is 6.53. The molecule has 1 aromatic rings. The lowest BCUT2D eigenvalue weighted by molar-refractivity contribution is -0.0427. The summed E-state index contributed by atoms with van der Waals surface area (Å²) in [6, 6.07) is 8.83. The maximum Gasteiger partial charge on any atom is 0.0834 e.